The molecule has 0 aliphatic rings. The number of aliphatic carboxylic acids is 4. The SMILES string of the molecule is CN[C@@H](Cc1ccccc1)C(=O)NCC(=O)N[C@@H](CS)C(=O)N[C@@H](CC(=O)O)C(=O)N[C@@H](CCC(=O)O)C(=O)N[C@H](C(=O)N[C@@H](CC(=O)O)C(=O)O)C(C)C.[99Tc].[O-2]. The van der Waals surface area contributed by atoms with Crippen LogP contribution in [0.25, 0.3) is 0 Å². The predicted octanol–water partition coefficient (Wildman–Crippen LogP) is -3.28. The first-order valence-corrected chi connectivity index (χ1v) is 17.4. The second-order valence-corrected chi connectivity index (χ2v) is 12.8. The Labute approximate surface area is 345 Å². The number of carboxylic acid groups (broad SMARTS) is 4. The molecule has 6 amide bonds. The van der Waals surface area contributed by atoms with Gasteiger partial charge in [-0.05, 0) is 31.4 Å². The third-order valence-electron chi connectivity index (χ3n) is 7.74. The van der Waals surface area contributed by atoms with Crippen molar-refractivity contribution in [3.8, 4) is 0 Å². The van der Waals surface area contributed by atoms with Gasteiger partial charge < -0.3 is 63.1 Å². The van der Waals surface area contributed by atoms with Gasteiger partial charge in [-0.3, -0.25) is 43.2 Å². The molecule has 57 heavy (non-hydrogen) atoms. The van der Waals surface area contributed by atoms with E-state index in [2.05, 4.69) is 44.5 Å². The summed E-state index contributed by atoms with van der Waals surface area (Å²) in [7, 11) is 1.56. The molecule has 0 bridgehead atoms. The minimum atomic E-state index is -1.89. The van der Waals surface area contributed by atoms with Crippen molar-refractivity contribution in [2.24, 2.45) is 5.92 Å². The van der Waals surface area contributed by atoms with Crippen molar-refractivity contribution in [2.45, 2.75) is 82.2 Å². The van der Waals surface area contributed by atoms with E-state index in [4.69, 9.17) is 5.11 Å². The Morgan fingerprint density at radius 2 is 1.14 bits per heavy atom. The van der Waals surface area contributed by atoms with Crippen LogP contribution in [0.5, 0.6) is 0 Å². The zero-order valence-electron chi connectivity index (χ0n) is 31.0. The monoisotopic (exact) mass is 912 g/mol. The summed E-state index contributed by atoms with van der Waals surface area (Å²) in [5.41, 5.74) is 0.856. The van der Waals surface area contributed by atoms with Crippen molar-refractivity contribution in [1.29, 1.82) is 0 Å². The predicted molar refractivity (Wildman–Crippen MR) is 194 cm³/mol. The van der Waals surface area contributed by atoms with Crippen LogP contribution < -0.4 is 37.2 Å². The van der Waals surface area contributed by atoms with E-state index in [-0.39, 0.29) is 31.3 Å². The van der Waals surface area contributed by atoms with Gasteiger partial charge in [-0.25, -0.2) is 4.79 Å². The van der Waals surface area contributed by atoms with Gasteiger partial charge in [-0.15, -0.1) is 0 Å². The molecule has 0 heterocycles. The average Bonchev–Trinajstić information content (AvgIpc) is 3.11. The van der Waals surface area contributed by atoms with Crippen molar-refractivity contribution in [3.63, 3.8) is 0 Å². The van der Waals surface area contributed by atoms with Crippen molar-refractivity contribution in [2.75, 3.05) is 19.3 Å². The Morgan fingerprint density at radius 3 is 1.63 bits per heavy atom. The number of hydrogen-bond donors (Lipinski definition) is 12. The van der Waals surface area contributed by atoms with E-state index in [0.29, 0.717) is 6.42 Å². The van der Waals surface area contributed by atoms with Crippen LogP contribution in [0.3, 0.4) is 0 Å². The molecular weight excluding hydrogens is 865 g/mol. The molecule has 0 aliphatic carbocycles. The normalized spacial score (nSPS) is 13.6. The van der Waals surface area contributed by atoms with Gasteiger partial charge in [0.05, 0.1) is 25.4 Å². The largest absolute Gasteiger partial charge is 2.00 e. The van der Waals surface area contributed by atoms with Gasteiger partial charge in [0.1, 0.15) is 30.2 Å². The summed E-state index contributed by atoms with van der Waals surface area (Å²) in [6, 6.07) is -0.111. The fraction of sp³-hybridized carbons (Fsp3) is 0.515. The third kappa shape index (κ3) is 20.5. The Hall–Kier alpha value is -5.16. The van der Waals surface area contributed by atoms with Gasteiger partial charge in [0.2, 0.25) is 35.4 Å². The quantitative estimate of drug-likeness (QED) is 0.0428. The Kier molecular flexibility index (Phi) is 26.0. The summed E-state index contributed by atoms with van der Waals surface area (Å²) >= 11 is 4.03. The Balaban J connectivity index is 0. The second-order valence-electron chi connectivity index (χ2n) is 12.4. The number of carboxylic acids is 4. The van der Waals surface area contributed by atoms with E-state index in [1.54, 1.807) is 19.2 Å². The van der Waals surface area contributed by atoms with Gasteiger partial charge in [0.15, 0.2) is 0 Å². The minimum absolute atomic E-state index is 0. The van der Waals surface area contributed by atoms with Gasteiger partial charge in [0, 0.05) is 32.3 Å². The first-order valence-electron chi connectivity index (χ1n) is 16.8. The molecule has 11 N–H and O–H groups in total. The second kappa shape index (κ2) is 27.4. The summed E-state index contributed by atoms with van der Waals surface area (Å²) < 4.78 is 0. The van der Waals surface area contributed by atoms with Crippen LogP contribution in [0.2, 0.25) is 0 Å². The average molecular weight is 913 g/mol. The number of amides is 6. The van der Waals surface area contributed by atoms with Gasteiger partial charge in [-0.2, -0.15) is 12.6 Å². The molecule has 0 aliphatic heterocycles. The summed E-state index contributed by atoms with van der Waals surface area (Å²) in [5.74, 6) is -13.3. The third-order valence-corrected chi connectivity index (χ3v) is 8.10. The molecule has 1 aromatic rings. The minimum Gasteiger partial charge on any atom is -2.00 e. The number of thiol groups is 1. The molecule has 22 nitrogen and oxygen atoms in total. The molecular formula is C33H47N7O15STc-2. The Morgan fingerprint density at radius 1 is 0.632 bits per heavy atom. The van der Waals surface area contributed by atoms with E-state index in [9.17, 15) is 63.3 Å². The molecule has 0 fully saturated rings. The number of carbonyl (C=O) groups excluding carboxylic acids is 6. The summed E-state index contributed by atoms with van der Waals surface area (Å²) in [5, 5.41) is 53.1. The van der Waals surface area contributed by atoms with Crippen molar-refractivity contribution >= 4 is 71.9 Å². The topological polar surface area (TPSA) is 364 Å². The van der Waals surface area contributed by atoms with Crippen LogP contribution in [0.4, 0.5) is 0 Å². The summed E-state index contributed by atoms with van der Waals surface area (Å²) in [4.78, 5) is 123. The van der Waals surface area contributed by atoms with Crippen LogP contribution in [0, 0.1) is 5.92 Å². The van der Waals surface area contributed by atoms with Crippen LogP contribution in [-0.4, -0.2) is 135 Å². The smallest absolute Gasteiger partial charge is 0.326 e. The first kappa shape index (κ1) is 53.9. The molecule has 0 unspecified atom stereocenters. The molecule has 0 saturated heterocycles. The maximum atomic E-state index is 13.3. The number of benzene rings is 1. The van der Waals surface area contributed by atoms with E-state index in [0.717, 1.165) is 5.56 Å². The van der Waals surface area contributed by atoms with E-state index in [1.807, 2.05) is 23.5 Å². The molecule has 0 spiro atoms. The zero-order chi connectivity index (χ0) is 41.8. The van der Waals surface area contributed by atoms with E-state index < -0.39 is 134 Å². The Bertz CT molecular complexity index is 1570. The number of likely N-dealkylation sites (N-methyl/N-ethyl adjacent to an activating group) is 1. The van der Waals surface area contributed by atoms with Gasteiger partial charge in [0.25, 0.3) is 0 Å². The summed E-state index contributed by atoms with van der Waals surface area (Å²) in [6.45, 7) is 2.32. The number of rotatable bonds is 25. The molecule has 6 atom stereocenters. The zero-order valence-corrected chi connectivity index (χ0v) is 33.7. The van der Waals surface area contributed by atoms with E-state index >= 15 is 0 Å². The van der Waals surface area contributed by atoms with Crippen LogP contribution in [0.15, 0.2) is 30.3 Å². The van der Waals surface area contributed by atoms with Crippen LogP contribution in [0.1, 0.15) is 45.1 Å². The van der Waals surface area contributed by atoms with Crippen molar-refractivity contribution in [1.82, 2.24) is 37.2 Å². The number of nitrogens with one attached hydrogen (secondary N) is 7. The molecule has 24 heteroatoms. The van der Waals surface area contributed by atoms with Gasteiger partial charge >= 0.3 is 23.9 Å². The standard InChI is InChI=1S/C33H47N7O14S.O.Tc/c1-16(2)27(32(52)39-21(33(53)54)13-26(46)47)40-29(49)18(9-10-24(42)43)37-30(50)20(12-25(44)45)38-31(51)22(15-55)36-23(41)14-35-28(48)19(34-3)11-17-7-5-4-6-8-17;;/h4-8,16,18-22,27,34,55H,9-15H2,1-3H3,(H,35,48)(H,36,41)(H,37,50)(H,38,51)(H,39,52)(H,40,49)(H,42,43)(H,44,45)(H,46,47)(H,53,54);;/q;-2;/t18-,19-,20-,21-,22-,27-;;/m0../s1/i;;1+1. The van der Waals surface area contributed by atoms with Crippen LogP contribution >= 0.6 is 12.6 Å². The summed E-state index contributed by atoms with van der Waals surface area (Å²) in [6.07, 6.45) is -3.02. The molecule has 1 radical (unpaired) electrons. The molecule has 0 aromatic heterocycles. The molecule has 1 aromatic carbocycles. The fourth-order valence-corrected chi connectivity index (χ4v) is 5.05. The fourth-order valence-electron chi connectivity index (χ4n) is 4.80. The van der Waals surface area contributed by atoms with E-state index in [1.165, 1.54) is 13.8 Å². The van der Waals surface area contributed by atoms with Crippen molar-refractivity contribution < 1.29 is 94.0 Å². The first-order chi connectivity index (χ1) is 25.8. The molecule has 1 rings (SSSR count). The number of hydrogen-bond acceptors (Lipinski definition) is 12. The maximum absolute atomic E-state index is 13.3. The molecule has 319 valence electrons. The maximum Gasteiger partial charge on any atom is 0.326 e. The van der Waals surface area contributed by atoms with Gasteiger partial charge in [-0.1, -0.05) is 44.2 Å². The molecule has 0 saturated carbocycles. The van der Waals surface area contributed by atoms with Crippen LogP contribution in [-0.2, 0) is 79.9 Å². The number of carbonyl (C=O) groups is 10. The van der Waals surface area contributed by atoms with Crippen molar-refractivity contribution in [3.05, 3.63) is 35.9 Å².